The lowest BCUT2D eigenvalue weighted by atomic mass is 9.96. The minimum Gasteiger partial charge on any atom is -0.343 e. The summed E-state index contributed by atoms with van der Waals surface area (Å²) in [7, 11) is 1.85. The predicted molar refractivity (Wildman–Crippen MR) is 86.9 cm³/mol. The number of aromatic nitrogens is 3. The van der Waals surface area contributed by atoms with Gasteiger partial charge in [-0.15, -0.1) is 0 Å². The number of nitrogens with zero attached hydrogens (tertiary/aromatic N) is 4. The van der Waals surface area contributed by atoms with E-state index >= 15 is 0 Å². The van der Waals surface area contributed by atoms with E-state index in [2.05, 4.69) is 15.4 Å². The molecule has 122 valence electrons. The normalized spacial score (nSPS) is 15.9. The molecule has 0 spiro atoms. The monoisotopic (exact) mass is 315 g/mol. The molecule has 0 aliphatic carbocycles. The average Bonchev–Trinajstić information content (AvgIpc) is 2.81. The molecular weight excluding hydrogens is 294 g/mol. The van der Waals surface area contributed by atoms with Crippen molar-refractivity contribution in [2.75, 3.05) is 18.4 Å². The maximum absolute atomic E-state index is 12.4. The van der Waals surface area contributed by atoms with E-state index in [4.69, 9.17) is 0 Å². The van der Waals surface area contributed by atoms with Crippen molar-refractivity contribution in [3.05, 3.63) is 18.0 Å². The van der Waals surface area contributed by atoms with Crippen molar-refractivity contribution in [1.29, 1.82) is 0 Å². The molecule has 7 heteroatoms. The van der Waals surface area contributed by atoms with Gasteiger partial charge in [-0.05, 0) is 25.8 Å². The topological polar surface area (TPSA) is 80.1 Å². The van der Waals surface area contributed by atoms with Gasteiger partial charge in [0, 0.05) is 38.4 Å². The van der Waals surface area contributed by atoms with Crippen LogP contribution in [0.2, 0.25) is 0 Å². The van der Waals surface area contributed by atoms with E-state index in [0.717, 1.165) is 16.7 Å². The van der Waals surface area contributed by atoms with Gasteiger partial charge in [0.25, 0.3) is 0 Å². The van der Waals surface area contributed by atoms with Crippen molar-refractivity contribution in [2.24, 2.45) is 13.0 Å². The number of hydrogen-bond donors (Lipinski definition) is 1. The number of likely N-dealkylation sites (tertiary alicyclic amines) is 1. The molecular formula is C16H21N5O2. The van der Waals surface area contributed by atoms with Crippen LogP contribution in [-0.4, -0.2) is 44.6 Å². The second-order valence-corrected chi connectivity index (χ2v) is 6.07. The number of nitrogens with one attached hydrogen (secondary N) is 1. The van der Waals surface area contributed by atoms with Gasteiger partial charge in [-0.3, -0.25) is 14.3 Å². The number of carbonyl (C=O) groups is 2. The number of rotatable bonds is 2. The summed E-state index contributed by atoms with van der Waals surface area (Å²) >= 11 is 0. The third kappa shape index (κ3) is 3.04. The quantitative estimate of drug-likeness (QED) is 0.910. The second-order valence-electron chi connectivity index (χ2n) is 6.07. The Kier molecular flexibility index (Phi) is 4.02. The second kappa shape index (κ2) is 5.98. The molecule has 0 bridgehead atoms. The Morgan fingerprint density at radius 2 is 2.00 bits per heavy atom. The molecule has 3 rings (SSSR count). The van der Waals surface area contributed by atoms with E-state index in [1.54, 1.807) is 22.7 Å². The van der Waals surface area contributed by atoms with Gasteiger partial charge in [-0.25, -0.2) is 4.98 Å². The van der Waals surface area contributed by atoms with E-state index in [9.17, 15) is 9.59 Å². The number of carbonyl (C=O) groups excluding carboxylic acids is 2. The standard InChI is InChI=1S/C16H21N5O2/c1-10-14-8-13(9-17-15(14)20(3)19-10)18-16(23)12-4-6-21(7-5-12)11(2)22/h8-9,12H,4-7H2,1-3H3,(H,18,23). The Bertz CT molecular complexity index is 759. The fraction of sp³-hybridized carbons (Fsp3) is 0.500. The van der Waals surface area contributed by atoms with Crippen LogP contribution in [0.3, 0.4) is 0 Å². The van der Waals surface area contributed by atoms with Crippen LogP contribution in [0, 0.1) is 12.8 Å². The molecule has 7 nitrogen and oxygen atoms in total. The molecule has 1 aliphatic rings. The number of pyridine rings is 1. The highest BCUT2D eigenvalue weighted by Gasteiger charge is 2.26. The third-order valence-electron chi connectivity index (χ3n) is 4.44. The molecule has 1 saturated heterocycles. The van der Waals surface area contributed by atoms with Crippen LogP contribution in [0.5, 0.6) is 0 Å². The van der Waals surface area contributed by atoms with Crippen molar-refractivity contribution in [3.63, 3.8) is 0 Å². The average molecular weight is 315 g/mol. The number of anilines is 1. The van der Waals surface area contributed by atoms with Crippen molar-refractivity contribution >= 4 is 28.5 Å². The van der Waals surface area contributed by atoms with Gasteiger partial charge >= 0.3 is 0 Å². The highest BCUT2D eigenvalue weighted by atomic mass is 16.2. The predicted octanol–water partition coefficient (Wildman–Crippen LogP) is 1.47. The van der Waals surface area contributed by atoms with Crippen LogP contribution in [-0.2, 0) is 16.6 Å². The van der Waals surface area contributed by atoms with Crippen LogP contribution in [0.15, 0.2) is 12.3 Å². The fourth-order valence-corrected chi connectivity index (χ4v) is 3.08. The molecule has 2 aromatic rings. The molecule has 23 heavy (non-hydrogen) atoms. The van der Waals surface area contributed by atoms with Crippen LogP contribution in [0.4, 0.5) is 5.69 Å². The Balaban J connectivity index is 1.69. The van der Waals surface area contributed by atoms with Gasteiger partial charge in [-0.2, -0.15) is 5.10 Å². The number of hydrogen-bond acceptors (Lipinski definition) is 4. The Hall–Kier alpha value is -2.44. The number of aryl methyl sites for hydroxylation is 2. The van der Waals surface area contributed by atoms with Crippen LogP contribution in [0.1, 0.15) is 25.5 Å². The SMILES string of the molecule is CC(=O)N1CCC(C(=O)Nc2cnc3c(c2)c(C)nn3C)CC1. The summed E-state index contributed by atoms with van der Waals surface area (Å²) in [5.41, 5.74) is 2.38. The maximum atomic E-state index is 12.4. The first-order valence-electron chi connectivity index (χ1n) is 7.81. The summed E-state index contributed by atoms with van der Waals surface area (Å²) in [5, 5.41) is 8.21. The molecule has 0 atom stereocenters. The minimum absolute atomic E-state index is 0.00380. The van der Waals surface area contributed by atoms with Crippen molar-refractivity contribution in [1.82, 2.24) is 19.7 Å². The van der Waals surface area contributed by atoms with Crippen LogP contribution in [0.25, 0.3) is 11.0 Å². The van der Waals surface area contributed by atoms with Crippen molar-refractivity contribution < 1.29 is 9.59 Å². The largest absolute Gasteiger partial charge is 0.343 e. The van der Waals surface area contributed by atoms with E-state index < -0.39 is 0 Å². The summed E-state index contributed by atoms with van der Waals surface area (Å²) < 4.78 is 1.73. The number of fused-ring (bicyclic) bond motifs is 1. The maximum Gasteiger partial charge on any atom is 0.227 e. The summed E-state index contributed by atoms with van der Waals surface area (Å²) in [6.07, 6.45) is 3.06. The van der Waals surface area contributed by atoms with Crippen LogP contribution >= 0.6 is 0 Å². The van der Waals surface area contributed by atoms with E-state index in [1.165, 1.54) is 0 Å². The molecule has 0 saturated carbocycles. The lowest BCUT2D eigenvalue weighted by Gasteiger charge is -2.30. The van der Waals surface area contributed by atoms with Gasteiger partial charge in [0.2, 0.25) is 11.8 Å². The first-order valence-corrected chi connectivity index (χ1v) is 7.81. The molecule has 1 aliphatic heterocycles. The van der Waals surface area contributed by atoms with Gasteiger partial charge in [0.05, 0.1) is 17.6 Å². The minimum atomic E-state index is -0.0590. The summed E-state index contributed by atoms with van der Waals surface area (Å²) in [5.74, 6) is 0.0118. The first kappa shape index (κ1) is 15.5. The molecule has 3 heterocycles. The lowest BCUT2D eigenvalue weighted by molar-refractivity contribution is -0.132. The van der Waals surface area contributed by atoms with E-state index in [0.29, 0.717) is 31.6 Å². The molecule has 0 unspecified atom stereocenters. The van der Waals surface area contributed by atoms with Crippen molar-refractivity contribution in [3.8, 4) is 0 Å². The Morgan fingerprint density at radius 1 is 1.30 bits per heavy atom. The molecule has 0 aromatic carbocycles. The van der Waals surface area contributed by atoms with Crippen molar-refractivity contribution in [2.45, 2.75) is 26.7 Å². The molecule has 0 radical (unpaired) electrons. The molecule has 1 fully saturated rings. The van der Waals surface area contributed by atoms with Gasteiger partial charge in [-0.1, -0.05) is 0 Å². The zero-order valence-electron chi connectivity index (χ0n) is 13.7. The van der Waals surface area contributed by atoms with Crippen LogP contribution < -0.4 is 5.32 Å². The zero-order chi connectivity index (χ0) is 16.6. The molecule has 2 amide bonds. The zero-order valence-corrected chi connectivity index (χ0v) is 13.7. The fourth-order valence-electron chi connectivity index (χ4n) is 3.08. The first-order chi connectivity index (χ1) is 11.0. The van der Waals surface area contributed by atoms with Gasteiger partial charge in [0.1, 0.15) is 0 Å². The summed E-state index contributed by atoms with van der Waals surface area (Å²) in [4.78, 5) is 29.9. The Labute approximate surface area is 134 Å². The number of piperidine rings is 1. The smallest absolute Gasteiger partial charge is 0.227 e. The van der Waals surface area contributed by atoms with E-state index in [-0.39, 0.29) is 17.7 Å². The highest BCUT2D eigenvalue weighted by molar-refractivity contribution is 5.94. The summed E-state index contributed by atoms with van der Waals surface area (Å²) in [6, 6.07) is 1.91. The Morgan fingerprint density at radius 3 is 2.65 bits per heavy atom. The van der Waals surface area contributed by atoms with Gasteiger partial charge in [0.15, 0.2) is 5.65 Å². The molecule has 2 aromatic heterocycles. The third-order valence-corrected chi connectivity index (χ3v) is 4.44. The summed E-state index contributed by atoms with van der Waals surface area (Å²) in [6.45, 7) is 4.78. The number of amides is 2. The highest BCUT2D eigenvalue weighted by Crippen LogP contribution is 2.22. The lowest BCUT2D eigenvalue weighted by Crippen LogP contribution is -2.40. The van der Waals surface area contributed by atoms with E-state index in [1.807, 2.05) is 20.0 Å². The molecule has 1 N–H and O–H groups in total. The van der Waals surface area contributed by atoms with Gasteiger partial charge < -0.3 is 10.2 Å².